The van der Waals surface area contributed by atoms with Gasteiger partial charge >= 0.3 is 0 Å². The van der Waals surface area contributed by atoms with Gasteiger partial charge in [-0.2, -0.15) is 0 Å². The fourth-order valence-electron chi connectivity index (χ4n) is 3.69. The van der Waals surface area contributed by atoms with Gasteiger partial charge in [-0.05, 0) is 61.1 Å². The third-order valence-corrected chi connectivity index (χ3v) is 4.98. The average Bonchev–Trinajstić information content (AvgIpc) is 2.44. The Morgan fingerprint density at radius 3 is 2.43 bits per heavy atom. The maximum Gasteiger partial charge on any atom is 0.141 e. The van der Waals surface area contributed by atoms with Gasteiger partial charge < -0.3 is 5.32 Å². The molecular formula is C18H29FN2. The Labute approximate surface area is 128 Å². The van der Waals surface area contributed by atoms with E-state index in [0.29, 0.717) is 11.3 Å². The Morgan fingerprint density at radius 1 is 1.24 bits per heavy atom. The van der Waals surface area contributed by atoms with E-state index in [4.69, 9.17) is 0 Å². The number of pyridine rings is 1. The molecule has 0 bridgehead atoms. The molecule has 0 radical (unpaired) electrons. The molecule has 0 aliphatic heterocycles. The van der Waals surface area contributed by atoms with Crippen LogP contribution in [0.15, 0.2) is 18.5 Å². The minimum atomic E-state index is -0.237. The van der Waals surface area contributed by atoms with Crippen LogP contribution in [-0.2, 0) is 0 Å². The first-order valence-corrected chi connectivity index (χ1v) is 8.25. The molecule has 0 amide bonds. The Hall–Kier alpha value is -0.960. The molecule has 3 heteroatoms. The first-order valence-electron chi connectivity index (χ1n) is 8.25. The van der Waals surface area contributed by atoms with Crippen LogP contribution in [0.4, 0.5) is 4.39 Å². The van der Waals surface area contributed by atoms with Gasteiger partial charge in [0.1, 0.15) is 5.82 Å². The molecule has 1 aromatic heterocycles. The summed E-state index contributed by atoms with van der Waals surface area (Å²) in [5.74, 6) is 1.16. The highest BCUT2D eigenvalue weighted by Crippen LogP contribution is 2.43. The van der Waals surface area contributed by atoms with Crippen LogP contribution in [-0.4, -0.2) is 11.5 Å². The van der Waals surface area contributed by atoms with Gasteiger partial charge in [0.05, 0.1) is 6.20 Å². The van der Waals surface area contributed by atoms with Gasteiger partial charge in [-0.25, -0.2) is 4.39 Å². The summed E-state index contributed by atoms with van der Waals surface area (Å²) in [5, 5.41) is 3.54. The second-order valence-electron chi connectivity index (χ2n) is 7.45. The molecule has 1 aliphatic carbocycles. The van der Waals surface area contributed by atoms with Crippen molar-refractivity contribution in [3.05, 3.63) is 29.8 Å². The van der Waals surface area contributed by atoms with E-state index in [2.05, 4.69) is 38.0 Å². The van der Waals surface area contributed by atoms with Crippen molar-refractivity contribution in [2.45, 2.75) is 59.4 Å². The molecule has 1 saturated carbocycles. The van der Waals surface area contributed by atoms with Crippen LogP contribution in [0.5, 0.6) is 0 Å². The molecule has 2 nitrogen and oxygen atoms in total. The molecule has 2 rings (SSSR count). The number of nitrogens with zero attached hydrogens (tertiary/aromatic N) is 1. The molecule has 1 atom stereocenters. The van der Waals surface area contributed by atoms with Crippen LogP contribution in [0, 0.1) is 23.1 Å². The lowest BCUT2D eigenvalue weighted by Crippen LogP contribution is -2.33. The van der Waals surface area contributed by atoms with Gasteiger partial charge in [0.25, 0.3) is 0 Å². The first-order chi connectivity index (χ1) is 9.91. The molecule has 21 heavy (non-hydrogen) atoms. The molecular weight excluding hydrogens is 263 g/mol. The third kappa shape index (κ3) is 4.26. The van der Waals surface area contributed by atoms with E-state index in [0.717, 1.165) is 18.0 Å². The van der Waals surface area contributed by atoms with Crippen molar-refractivity contribution in [1.82, 2.24) is 10.3 Å². The predicted octanol–water partition coefficient (Wildman–Crippen LogP) is 4.72. The van der Waals surface area contributed by atoms with Crippen LogP contribution < -0.4 is 5.32 Å². The number of nitrogens with one attached hydrogen (secondary N) is 1. The number of hydrogen-bond acceptors (Lipinski definition) is 2. The fraction of sp³-hybridized carbons (Fsp3) is 0.722. The van der Waals surface area contributed by atoms with Gasteiger partial charge in [-0.3, -0.25) is 4.98 Å². The summed E-state index contributed by atoms with van der Waals surface area (Å²) in [6, 6.07) is 1.87. The van der Waals surface area contributed by atoms with Gasteiger partial charge in [0.2, 0.25) is 0 Å². The lowest BCUT2D eigenvalue weighted by Gasteiger charge is -2.39. The fourth-order valence-corrected chi connectivity index (χ4v) is 3.69. The summed E-state index contributed by atoms with van der Waals surface area (Å²) in [6.07, 6.45) is 8.08. The first kappa shape index (κ1) is 16.4. The summed E-state index contributed by atoms with van der Waals surface area (Å²) in [7, 11) is 0. The zero-order chi connectivity index (χ0) is 15.5. The van der Waals surface area contributed by atoms with Crippen LogP contribution in [0.25, 0.3) is 0 Å². The number of aromatic nitrogens is 1. The Kier molecular flexibility index (Phi) is 5.37. The smallest absolute Gasteiger partial charge is 0.141 e. The maximum absolute atomic E-state index is 13.5. The number of halogens is 1. The van der Waals surface area contributed by atoms with Crippen molar-refractivity contribution in [3.63, 3.8) is 0 Å². The van der Waals surface area contributed by atoms with Crippen LogP contribution in [0.1, 0.15) is 65.0 Å². The molecule has 0 aromatic carbocycles. The van der Waals surface area contributed by atoms with Crippen LogP contribution in [0.2, 0.25) is 0 Å². The molecule has 0 saturated heterocycles. The topological polar surface area (TPSA) is 24.9 Å². The largest absolute Gasteiger partial charge is 0.310 e. The van der Waals surface area contributed by atoms with Gasteiger partial charge in [0.15, 0.2) is 0 Å². The zero-order valence-electron chi connectivity index (χ0n) is 13.8. The molecule has 1 heterocycles. The van der Waals surface area contributed by atoms with E-state index in [9.17, 15) is 4.39 Å². The van der Waals surface area contributed by atoms with Gasteiger partial charge in [0, 0.05) is 12.2 Å². The zero-order valence-corrected chi connectivity index (χ0v) is 13.8. The average molecular weight is 292 g/mol. The van der Waals surface area contributed by atoms with Crippen molar-refractivity contribution in [2.75, 3.05) is 6.54 Å². The highest BCUT2D eigenvalue weighted by molar-refractivity contribution is 5.16. The number of hydrogen-bond donors (Lipinski definition) is 1. The monoisotopic (exact) mass is 292 g/mol. The van der Waals surface area contributed by atoms with Crippen molar-refractivity contribution in [3.8, 4) is 0 Å². The van der Waals surface area contributed by atoms with E-state index in [-0.39, 0.29) is 11.9 Å². The Balaban J connectivity index is 2.07. The molecule has 1 fully saturated rings. The van der Waals surface area contributed by atoms with E-state index in [1.54, 1.807) is 6.07 Å². The lowest BCUT2D eigenvalue weighted by atomic mass is 9.68. The molecule has 1 unspecified atom stereocenters. The second kappa shape index (κ2) is 6.87. The normalized spacial score (nSPS) is 24.8. The van der Waals surface area contributed by atoms with E-state index in [1.165, 1.54) is 31.9 Å². The Morgan fingerprint density at radius 2 is 1.90 bits per heavy atom. The maximum atomic E-state index is 13.5. The minimum absolute atomic E-state index is 0.235. The van der Waals surface area contributed by atoms with Gasteiger partial charge in [-0.15, -0.1) is 0 Å². The quantitative estimate of drug-likeness (QED) is 0.868. The van der Waals surface area contributed by atoms with E-state index in [1.807, 2.05) is 6.20 Å². The molecule has 1 N–H and O–H groups in total. The summed E-state index contributed by atoms with van der Waals surface area (Å²) in [4.78, 5) is 4.02. The molecule has 1 aliphatic rings. The molecule has 1 aromatic rings. The third-order valence-electron chi connectivity index (χ3n) is 4.98. The van der Waals surface area contributed by atoms with Crippen molar-refractivity contribution in [1.29, 1.82) is 0 Å². The van der Waals surface area contributed by atoms with Crippen LogP contribution >= 0.6 is 0 Å². The summed E-state index contributed by atoms with van der Waals surface area (Å²) < 4.78 is 13.5. The highest BCUT2D eigenvalue weighted by atomic mass is 19.1. The second-order valence-corrected chi connectivity index (χ2v) is 7.45. The highest BCUT2D eigenvalue weighted by Gasteiger charge is 2.33. The van der Waals surface area contributed by atoms with E-state index >= 15 is 0 Å². The number of rotatable bonds is 4. The standard InChI is InChI=1S/C18H29FN2/c1-5-21-17(14-10-16(19)12-20-11-14)13-6-8-15(9-7-13)18(2,3)4/h10-13,15,17,21H,5-9H2,1-4H3. The molecule has 0 spiro atoms. The Bertz CT molecular complexity index is 445. The minimum Gasteiger partial charge on any atom is -0.310 e. The summed E-state index contributed by atoms with van der Waals surface area (Å²) in [5.41, 5.74) is 1.40. The predicted molar refractivity (Wildman–Crippen MR) is 85.5 cm³/mol. The van der Waals surface area contributed by atoms with E-state index < -0.39 is 0 Å². The summed E-state index contributed by atoms with van der Waals surface area (Å²) >= 11 is 0. The van der Waals surface area contributed by atoms with Crippen LogP contribution in [0.3, 0.4) is 0 Å². The SMILES string of the molecule is CCNC(c1cncc(F)c1)C1CCC(C(C)(C)C)CC1. The van der Waals surface area contributed by atoms with Crippen molar-refractivity contribution >= 4 is 0 Å². The van der Waals surface area contributed by atoms with Gasteiger partial charge in [-0.1, -0.05) is 27.7 Å². The van der Waals surface area contributed by atoms with Crippen molar-refractivity contribution < 1.29 is 4.39 Å². The summed E-state index contributed by atoms with van der Waals surface area (Å²) in [6.45, 7) is 10.0. The van der Waals surface area contributed by atoms with Crippen molar-refractivity contribution in [2.24, 2.45) is 17.3 Å². The molecule has 118 valence electrons. The lowest BCUT2D eigenvalue weighted by molar-refractivity contribution is 0.133.